The Labute approximate surface area is 185 Å². The van der Waals surface area contributed by atoms with Crippen molar-refractivity contribution in [1.29, 1.82) is 5.26 Å². The first kappa shape index (κ1) is 19.7. The van der Waals surface area contributed by atoms with E-state index in [2.05, 4.69) is 33.6 Å². The van der Waals surface area contributed by atoms with Crippen molar-refractivity contribution in [3.8, 4) is 11.8 Å². The third-order valence-electron chi connectivity index (χ3n) is 5.65. The summed E-state index contributed by atoms with van der Waals surface area (Å²) in [6.45, 7) is 3.18. The summed E-state index contributed by atoms with van der Waals surface area (Å²) in [6.07, 6.45) is 1.69. The molecule has 0 aliphatic carbocycles. The van der Waals surface area contributed by atoms with E-state index in [1.54, 1.807) is 13.4 Å². The highest BCUT2D eigenvalue weighted by Crippen LogP contribution is 2.30. The van der Waals surface area contributed by atoms with E-state index < -0.39 is 0 Å². The zero-order valence-corrected chi connectivity index (χ0v) is 17.9. The van der Waals surface area contributed by atoms with Crippen LogP contribution in [0.4, 0.5) is 5.82 Å². The van der Waals surface area contributed by atoms with Gasteiger partial charge in [0, 0.05) is 6.54 Å². The molecule has 0 saturated carbocycles. The molecule has 0 spiro atoms. The van der Waals surface area contributed by atoms with Crippen LogP contribution in [-0.4, -0.2) is 16.5 Å². The second-order valence-corrected chi connectivity index (χ2v) is 7.72. The number of hydrogen-bond acceptors (Lipinski definition) is 5. The van der Waals surface area contributed by atoms with Crippen LogP contribution in [0, 0.1) is 18.3 Å². The van der Waals surface area contributed by atoms with Crippen LogP contribution in [-0.2, 0) is 13.1 Å². The molecule has 0 unspecified atom stereocenters. The molecule has 0 fully saturated rings. The van der Waals surface area contributed by atoms with Gasteiger partial charge in [-0.15, -0.1) is 0 Å². The number of nitriles is 1. The van der Waals surface area contributed by atoms with Gasteiger partial charge in [0.2, 0.25) is 0 Å². The van der Waals surface area contributed by atoms with Crippen LogP contribution in [0.5, 0.6) is 5.75 Å². The summed E-state index contributed by atoms with van der Waals surface area (Å²) in [4.78, 5) is 7.04. The molecular formula is C26H22N4O2. The zero-order chi connectivity index (χ0) is 22.1. The van der Waals surface area contributed by atoms with E-state index in [1.807, 2.05) is 55.5 Å². The third kappa shape index (κ3) is 3.44. The maximum absolute atomic E-state index is 9.82. The third-order valence-corrected chi connectivity index (χ3v) is 5.65. The molecule has 3 aromatic heterocycles. The average Bonchev–Trinajstić information content (AvgIpc) is 3.46. The van der Waals surface area contributed by atoms with Gasteiger partial charge in [0.1, 0.15) is 23.4 Å². The van der Waals surface area contributed by atoms with Crippen LogP contribution in [0.3, 0.4) is 0 Å². The molecule has 5 rings (SSSR count). The van der Waals surface area contributed by atoms with E-state index in [-0.39, 0.29) is 0 Å². The van der Waals surface area contributed by atoms with E-state index in [0.29, 0.717) is 24.3 Å². The lowest BCUT2D eigenvalue weighted by Crippen LogP contribution is -2.24. The predicted molar refractivity (Wildman–Crippen MR) is 124 cm³/mol. The lowest BCUT2D eigenvalue weighted by atomic mass is 10.1. The molecule has 5 aromatic rings. The number of furan rings is 1. The number of anilines is 1. The molecule has 158 valence electrons. The fourth-order valence-electron chi connectivity index (χ4n) is 4.06. The number of imidazole rings is 1. The minimum atomic E-state index is 0.575. The Kier molecular flexibility index (Phi) is 5.00. The molecule has 0 saturated heterocycles. The first-order chi connectivity index (χ1) is 15.7. The molecule has 0 atom stereocenters. The van der Waals surface area contributed by atoms with Crippen molar-refractivity contribution in [3.63, 3.8) is 0 Å². The van der Waals surface area contributed by atoms with Crippen molar-refractivity contribution in [2.24, 2.45) is 0 Å². The smallest absolute Gasteiger partial charge is 0.157 e. The van der Waals surface area contributed by atoms with Crippen molar-refractivity contribution < 1.29 is 9.15 Å². The molecule has 0 radical (unpaired) electrons. The minimum Gasteiger partial charge on any atom is -0.497 e. The summed E-state index contributed by atoms with van der Waals surface area (Å²) in [5, 5.41) is 9.82. The van der Waals surface area contributed by atoms with Gasteiger partial charge in [-0.05, 0) is 60.5 Å². The van der Waals surface area contributed by atoms with Crippen molar-refractivity contribution in [1.82, 2.24) is 9.38 Å². The van der Waals surface area contributed by atoms with Gasteiger partial charge in [-0.3, -0.25) is 4.40 Å². The van der Waals surface area contributed by atoms with Crippen LogP contribution in [0.25, 0.3) is 16.7 Å². The molecule has 0 bridgehead atoms. The Morgan fingerprint density at radius 3 is 2.59 bits per heavy atom. The molecule has 6 nitrogen and oxygen atoms in total. The molecule has 0 aliphatic heterocycles. The van der Waals surface area contributed by atoms with E-state index in [9.17, 15) is 5.26 Å². The number of aryl methyl sites for hydroxylation is 1. The number of benzene rings is 2. The van der Waals surface area contributed by atoms with Crippen molar-refractivity contribution in [3.05, 3.63) is 95.4 Å². The quantitative estimate of drug-likeness (QED) is 0.363. The van der Waals surface area contributed by atoms with E-state index in [0.717, 1.165) is 39.5 Å². The second-order valence-electron chi connectivity index (χ2n) is 7.72. The van der Waals surface area contributed by atoms with Crippen LogP contribution in [0.1, 0.15) is 22.5 Å². The molecule has 2 aromatic carbocycles. The Morgan fingerprint density at radius 1 is 1.06 bits per heavy atom. The minimum absolute atomic E-state index is 0.575. The van der Waals surface area contributed by atoms with Crippen molar-refractivity contribution in [2.75, 3.05) is 12.0 Å². The largest absolute Gasteiger partial charge is 0.497 e. The first-order valence-electron chi connectivity index (χ1n) is 10.4. The highest BCUT2D eigenvalue weighted by molar-refractivity contribution is 5.85. The molecule has 6 heteroatoms. The predicted octanol–water partition coefficient (Wildman–Crippen LogP) is 5.48. The maximum atomic E-state index is 9.82. The Balaban J connectivity index is 1.70. The van der Waals surface area contributed by atoms with Gasteiger partial charge in [0.15, 0.2) is 5.65 Å². The number of hydrogen-bond donors (Lipinski definition) is 0. The number of fused-ring (bicyclic) bond motifs is 3. The Hall–Kier alpha value is -4.24. The van der Waals surface area contributed by atoms with Crippen LogP contribution < -0.4 is 9.64 Å². The fraction of sp³-hybridized carbons (Fsp3) is 0.154. The van der Waals surface area contributed by atoms with Crippen molar-refractivity contribution >= 4 is 22.5 Å². The lowest BCUT2D eigenvalue weighted by molar-refractivity contribution is 0.414. The molecule has 0 N–H and O–H groups in total. The zero-order valence-electron chi connectivity index (χ0n) is 17.9. The Morgan fingerprint density at radius 2 is 1.88 bits per heavy atom. The lowest BCUT2D eigenvalue weighted by Gasteiger charge is -2.26. The number of nitrogens with zero attached hydrogens (tertiary/aromatic N) is 4. The number of aromatic nitrogens is 2. The standard InChI is InChI=1S/C26H22N4O2/c1-18-14-25(30-24-8-4-3-7-23(24)28-26(30)22(18)15-27)29(17-21-6-5-13-32-21)16-19-9-11-20(31-2)12-10-19/h3-14H,16-17H2,1-2H3. The highest BCUT2D eigenvalue weighted by Gasteiger charge is 2.20. The molecule has 0 aliphatic rings. The normalized spacial score (nSPS) is 11.0. The second kappa shape index (κ2) is 8.12. The summed E-state index contributed by atoms with van der Waals surface area (Å²) >= 11 is 0. The average molecular weight is 422 g/mol. The van der Waals surface area contributed by atoms with Gasteiger partial charge in [-0.1, -0.05) is 24.3 Å². The van der Waals surface area contributed by atoms with Gasteiger partial charge in [0.25, 0.3) is 0 Å². The number of pyridine rings is 1. The maximum Gasteiger partial charge on any atom is 0.157 e. The van der Waals surface area contributed by atoms with Crippen molar-refractivity contribution in [2.45, 2.75) is 20.0 Å². The number of methoxy groups -OCH3 is 1. The van der Waals surface area contributed by atoms with Gasteiger partial charge in [0.05, 0.1) is 36.5 Å². The Bertz CT molecular complexity index is 1430. The summed E-state index contributed by atoms with van der Waals surface area (Å²) in [6, 6.07) is 24.3. The number of ether oxygens (including phenoxy) is 1. The first-order valence-corrected chi connectivity index (χ1v) is 10.4. The topological polar surface area (TPSA) is 66.7 Å². The number of rotatable bonds is 6. The summed E-state index contributed by atoms with van der Waals surface area (Å²) < 4.78 is 13.1. The van der Waals surface area contributed by atoms with Crippen LogP contribution in [0.15, 0.2) is 77.4 Å². The molecule has 3 heterocycles. The van der Waals surface area contributed by atoms with E-state index in [1.165, 1.54) is 0 Å². The van der Waals surface area contributed by atoms with E-state index in [4.69, 9.17) is 14.1 Å². The van der Waals surface area contributed by atoms with E-state index >= 15 is 0 Å². The molecule has 0 amide bonds. The fourth-order valence-corrected chi connectivity index (χ4v) is 4.06. The molecule has 32 heavy (non-hydrogen) atoms. The van der Waals surface area contributed by atoms with Gasteiger partial charge >= 0.3 is 0 Å². The highest BCUT2D eigenvalue weighted by atomic mass is 16.5. The van der Waals surface area contributed by atoms with Gasteiger partial charge in [-0.25, -0.2) is 4.98 Å². The SMILES string of the molecule is COc1ccc(CN(Cc2ccco2)c2cc(C)c(C#N)c3nc4ccccc4n23)cc1. The van der Waals surface area contributed by atoms with Gasteiger partial charge in [-0.2, -0.15) is 5.26 Å². The summed E-state index contributed by atoms with van der Waals surface area (Å²) in [5.41, 5.74) is 5.11. The summed E-state index contributed by atoms with van der Waals surface area (Å²) in [5.74, 6) is 2.64. The van der Waals surface area contributed by atoms with Crippen LogP contribution in [0.2, 0.25) is 0 Å². The monoisotopic (exact) mass is 422 g/mol. The van der Waals surface area contributed by atoms with Gasteiger partial charge < -0.3 is 14.1 Å². The number of para-hydroxylation sites is 2. The molecular weight excluding hydrogens is 400 g/mol. The van der Waals surface area contributed by atoms with Crippen LogP contribution >= 0.6 is 0 Å². The summed E-state index contributed by atoms with van der Waals surface area (Å²) in [7, 11) is 1.67.